The molecule has 0 unspecified atom stereocenters. The molecule has 0 amide bonds. The highest BCUT2D eigenvalue weighted by Crippen LogP contribution is 2.54. The van der Waals surface area contributed by atoms with Crippen molar-refractivity contribution >= 4 is 152 Å². The summed E-state index contributed by atoms with van der Waals surface area (Å²) in [5.41, 5.74) is 29.3. The molecule has 29 aromatic rings. The van der Waals surface area contributed by atoms with Gasteiger partial charge in [0.1, 0.15) is 44.7 Å². The van der Waals surface area contributed by atoms with Crippen LogP contribution < -0.4 is 0 Å². The molecule has 0 spiro atoms. The van der Waals surface area contributed by atoms with Crippen molar-refractivity contribution in [1.29, 1.82) is 0 Å². The maximum atomic E-state index is 8.91. The fourth-order valence-electron chi connectivity index (χ4n) is 22.1. The van der Waals surface area contributed by atoms with Gasteiger partial charge < -0.3 is 17.7 Å². The number of pyridine rings is 1. The fraction of sp³-hybridized carbons (Fsp3) is 0.00725. The number of aryl methyl sites for hydroxylation is 1. The van der Waals surface area contributed by atoms with Crippen LogP contribution in [0.2, 0.25) is 0 Å². The highest BCUT2D eigenvalue weighted by Gasteiger charge is 2.28. The van der Waals surface area contributed by atoms with Gasteiger partial charge in [-0.25, -0.2) is 0 Å². The Balaban J connectivity index is 0.000000115. The smallest absolute Gasteiger partial charge is 0.136 e. The van der Waals surface area contributed by atoms with Crippen LogP contribution in [0.3, 0.4) is 0 Å². The molecule has 0 aliphatic heterocycles. The quantitative estimate of drug-likeness (QED) is 0.114. The summed E-state index contributed by atoms with van der Waals surface area (Å²) in [5.74, 6) is 0. The Kier molecular flexibility index (Phi) is 16.9. The molecule has 0 aliphatic rings. The maximum absolute atomic E-state index is 8.91. The fourth-order valence-corrected chi connectivity index (χ4v) is 22.1. The van der Waals surface area contributed by atoms with Crippen molar-refractivity contribution in [3.05, 3.63) is 515 Å². The van der Waals surface area contributed by atoms with E-state index in [0.29, 0.717) is 16.7 Å². The minimum Gasteiger partial charge on any atom is -0.456 e. The van der Waals surface area contributed by atoms with Gasteiger partial charge in [0.2, 0.25) is 0 Å². The van der Waals surface area contributed by atoms with E-state index in [0.717, 1.165) is 247 Å². The molecular weight excluding hydrogens is 1740 g/mol. The molecule has 0 radical (unpaired) electrons. The summed E-state index contributed by atoms with van der Waals surface area (Å²) >= 11 is 0. The van der Waals surface area contributed by atoms with Gasteiger partial charge >= 0.3 is 0 Å². The Hall–Kier alpha value is -18.8. The summed E-state index contributed by atoms with van der Waals surface area (Å²) in [4.78, 5) is 4.41. The van der Waals surface area contributed by atoms with E-state index in [1.54, 1.807) is 6.20 Å². The van der Waals surface area contributed by atoms with Gasteiger partial charge in [0.15, 0.2) is 0 Å². The first-order chi connectivity index (χ1) is 77.1. The van der Waals surface area contributed by atoms with Crippen LogP contribution in [0.15, 0.2) is 527 Å². The molecule has 29 rings (SSSR count). The third-order valence-electron chi connectivity index (χ3n) is 28.2. The van der Waals surface area contributed by atoms with E-state index in [4.69, 9.17) is 38.2 Å². The average Bonchev–Trinajstić information content (AvgIpc) is 1.16. The lowest BCUT2D eigenvalue weighted by molar-refractivity contribution is 0.668. The molecule has 0 atom stereocenters. The summed E-state index contributed by atoms with van der Waals surface area (Å²) in [6, 6.07) is 133. The van der Waals surface area contributed by atoms with E-state index in [1.807, 2.05) is 212 Å². The zero-order chi connectivity index (χ0) is 108. The topological polar surface area (TPSA) is 65.5 Å². The van der Waals surface area contributed by atoms with E-state index < -0.39 is 18.1 Å². The Morgan fingerprint density at radius 3 is 0.706 bits per heavy atom. The van der Waals surface area contributed by atoms with Gasteiger partial charge in [0.05, 0.1) is 20.6 Å². The lowest BCUT2D eigenvalue weighted by Crippen LogP contribution is -1.92. The third-order valence-corrected chi connectivity index (χ3v) is 28.2. The Bertz CT molecular complexity index is 10900. The van der Waals surface area contributed by atoms with Gasteiger partial charge in [-0.2, -0.15) is 0 Å². The number of furan rings is 4. The van der Waals surface area contributed by atoms with Gasteiger partial charge in [-0.15, -0.1) is 0 Å². The van der Waals surface area contributed by atoms with Crippen LogP contribution in [0.1, 0.15) is 26.1 Å². The maximum Gasteiger partial charge on any atom is 0.136 e. The highest BCUT2D eigenvalue weighted by atomic mass is 16.3. The van der Waals surface area contributed by atoms with Crippen LogP contribution >= 0.6 is 0 Å². The second-order valence-corrected chi connectivity index (χ2v) is 36.0. The monoisotopic (exact) mass is 1840 g/mol. The number of hydrogen-bond acceptors (Lipinski definition) is 5. The first-order valence-electron chi connectivity index (χ1n) is 55.2. The van der Waals surface area contributed by atoms with E-state index in [9.17, 15) is 0 Å². The molecule has 5 aromatic heterocycles. The number of hydrogen-bond donors (Lipinski definition) is 0. The van der Waals surface area contributed by atoms with E-state index in [1.165, 1.54) is 11.1 Å². The molecule has 0 fully saturated rings. The number of nitrogens with zero attached hydrogens (tertiary/aromatic N) is 1. The molecule has 0 saturated heterocycles. The molecule has 0 aliphatic carbocycles. The number of aromatic nitrogens is 1. The molecule has 5 heterocycles. The van der Waals surface area contributed by atoms with Crippen LogP contribution in [0.4, 0.5) is 0 Å². The van der Waals surface area contributed by atoms with Gasteiger partial charge in [-0.1, -0.05) is 424 Å². The normalized spacial score (nSPS) is 13.1. The SMILES string of the molecule is [2H]c1c([2H])c([2H])c(-c2c3ccccc3c(-c3ccc(-c4c(-c5cccc6oc7ccccc7c56)ccc5oc6ccccc6c45)cc3)c3ccccc23)c([2H])c1[2H].[2H]c1c([2H])c([2H])c(-c2c3ccccc3c(-c3ccc(-c4c(-c5ccccc5C)ccc5oc6ccccc6c45)cc3)c3ccccc23)c([2H])c1[2H].[2H]c1c([2H])c([2H])c(-c2c3ccccc3c(-c3ccc(-c4c(-c5cccnc5)ccc5oc6ccccc6c45)cc3)c3ccccc23)c([2H])c1[2H]. The number of fused-ring (bicyclic) bond motifs is 18. The van der Waals surface area contributed by atoms with Crippen LogP contribution in [0, 0.1) is 6.92 Å². The largest absolute Gasteiger partial charge is 0.456 e. The van der Waals surface area contributed by atoms with Crippen LogP contribution in [0.5, 0.6) is 0 Å². The lowest BCUT2D eigenvalue weighted by atomic mass is 9.85. The van der Waals surface area contributed by atoms with E-state index >= 15 is 0 Å². The summed E-state index contributed by atoms with van der Waals surface area (Å²) in [6.45, 7) is 2.14. The zero-order valence-corrected chi connectivity index (χ0v) is 76.9. The van der Waals surface area contributed by atoms with Gasteiger partial charge in [0.25, 0.3) is 0 Å². The second kappa shape index (κ2) is 35.0. The first-order valence-corrected chi connectivity index (χ1v) is 47.7. The van der Waals surface area contributed by atoms with Crippen LogP contribution in [-0.4, -0.2) is 4.98 Å². The summed E-state index contributed by atoms with van der Waals surface area (Å²) in [7, 11) is 0. The van der Waals surface area contributed by atoms with Crippen molar-refractivity contribution in [3.63, 3.8) is 0 Å². The molecule has 143 heavy (non-hydrogen) atoms. The number of benzene rings is 24. The van der Waals surface area contributed by atoms with Crippen molar-refractivity contribution in [2.75, 3.05) is 0 Å². The number of rotatable bonds is 12. The Morgan fingerprint density at radius 1 is 0.161 bits per heavy atom. The lowest BCUT2D eigenvalue weighted by Gasteiger charge is -2.18. The minimum atomic E-state index is -0.406. The Morgan fingerprint density at radius 2 is 0.399 bits per heavy atom. The van der Waals surface area contributed by atoms with Gasteiger partial charge in [0, 0.05) is 77.7 Å². The molecule has 0 N–H and O–H groups in total. The molecule has 5 nitrogen and oxygen atoms in total. The van der Waals surface area contributed by atoms with E-state index in [2.05, 4.69) is 212 Å². The minimum absolute atomic E-state index is 0.198. The van der Waals surface area contributed by atoms with Gasteiger partial charge in [-0.05, 0) is 261 Å². The first kappa shape index (κ1) is 69.1. The molecule has 0 bridgehead atoms. The summed E-state index contributed by atoms with van der Waals surface area (Å²) in [6.07, 6.45) is 3.66. The second-order valence-electron chi connectivity index (χ2n) is 36.0. The van der Waals surface area contributed by atoms with Crippen molar-refractivity contribution < 1.29 is 38.2 Å². The molecule has 668 valence electrons. The Labute approximate surface area is 846 Å². The van der Waals surface area contributed by atoms with Crippen LogP contribution in [0.25, 0.3) is 286 Å². The molecule has 5 heteroatoms. The molecular formula is C138H87NO4. The van der Waals surface area contributed by atoms with Crippen molar-refractivity contribution in [2.45, 2.75) is 6.92 Å². The zero-order valence-electron chi connectivity index (χ0n) is 91.9. The number of para-hydroxylation sites is 4. The highest BCUT2D eigenvalue weighted by molar-refractivity contribution is 6.27. The van der Waals surface area contributed by atoms with Gasteiger partial charge in [-0.3, -0.25) is 4.98 Å². The third kappa shape index (κ3) is 14.2. The standard InChI is InChI=1S/C50H30O2.C45H30O.C43H27NO/c1-2-13-31(14-3-1)46-34-15-4-6-17-36(34)47(37-18-7-5-16-35(37)46)32-25-27-33(28-26-32)48-39(29-30-45-50(48)41-20-9-11-23-43(41)52-45)38-21-12-24-44-49(38)40-19-8-10-22-42(40)51-44;1-29-13-5-6-16-33(29)38-27-28-41-45(39-21-11-12-22-40(39)46-41)44(38)32-25-23-31(24-26-32)43-36-19-9-7-17-34(36)42(30-14-3-2-4-15-30)35-18-8-10-20-37(35)43;1-2-11-28(12-3-1)40-33-14-4-6-16-35(33)41(36-17-7-5-15-34(36)40)29-20-22-30(23-21-29)42-32(31-13-10-26-44-27-31)24-25-39-43(42)37-18-8-9-19-38(37)45-39/h1-30H;2-28H,1H3;1-27H/i1D,2D,3D,13D,14D;2D,3D,4D,14D,15D;1D,2D,3D,11D,12D. The van der Waals surface area contributed by atoms with E-state index in [-0.39, 0.29) is 89.2 Å². The summed E-state index contributed by atoms with van der Waals surface area (Å²) < 4.78 is 154. The predicted molar refractivity (Wildman–Crippen MR) is 601 cm³/mol. The summed E-state index contributed by atoms with van der Waals surface area (Å²) in [5, 5.41) is 19.0. The molecule has 24 aromatic carbocycles. The molecule has 0 saturated carbocycles. The predicted octanol–water partition coefficient (Wildman–Crippen LogP) is 39.3. The van der Waals surface area contributed by atoms with Crippen molar-refractivity contribution in [3.8, 4) is 134 Å². The van der Waals surface area contributed by atoms with Crippen molar-refractivity contribution in [1.82, 2.24) is 4.98 Å². The van der Waals surface area contributed by atoms with Crippen molar-refractivity contribution in [2.24, 2.45) is 0 Å². The average molecular weight is 1840 g/mol. The van der Waals surface area contributed by atoms with Crippen LogP contribution in [-0.2, 0) is 0 Å².